The van der Waals surface area contributed by atoms with E-state index in [1.54, 1.807) is 11.3 Å². The smallest absolute Gasteiger partial charge is 0.198 e. The fourth-order valence-electron chi connectivity index (χ4n) is 1.63. The van der Waals surface area contributed by atoms with E-state index < -0.39 is 0 Å². The zero-order valence-electron chi connectivity index (χ0n) is 9.40. The van der Waals surface area contributed by atoms with Crippen LogP contribution in [0.3, 0.4) is 0 Å². The first-order valence-corrected chi connectivity index (χ1v) is 6.42. The van der Waals surface area contributed by atoms with Crippen LogP contribution in [0.25, 0.3) is 0 Å². The van der Waals surface area contributed by atoms with Crippen molar-refractivity contribution < 1.29 is 14.3 Å². The Labute approximate surface area is 99.4 Å². The molecule has 88 valence electrons. The second-order valence-corrected chi connectivity index (χ2v) is 5.01. The summed E-state index contributed by atoms with van der Waals surface area (Å²) in [4.78, 5) is 13.8. The number of Topliss-reactive ketones (excluding diaryl/α,β-unsaturated/α-hetero) is 1. The van der Waals surface area contributed by atoms with Crippen LogP contribution in [-0.2, 0) is 15.9 Å². The molecular weight excluding hydrogens is 224 g/mol. The predicted octanol–water partition coefficient (Wildman–Crippen LogP) is 2.30. The highest BCUT2D eigenvalue weighted by Crippen LogP contribution is 2.18. The molecule has 0 bridgehead atoms. The fourth-order valence-corrected chi connectivity index (χ4v) is 2.50. The lowest BCUT2D eigenvalue weighted by atomic mass is 10.3. The Bertz CT molecular complexity index is 353. The molecule has 0 aromatic carbocycles. The van der Waals surface area contributed by atoms with Gasteiger partial charge >= 0.3 is 0 Å². The van der Waals surface area contributed by atoms with Gasteiger partial charge in [-0.15, -0.1) is 11.3 Å². The quantitative estimate of drug-likeness (QED) is 0.741. The molecule has 0 saturated carbocycles. The highest BCUT2D eigenvalue weighted by Gasteiger charge is 2.18. The lowest BCUT2D eigenvalue weighted by Crippen LogP contribution is -2.17. The molecule has 2 rings (SSSR count). The van der Waals surface area contributed by atoms with E-state index >= 15 is 0 Å². The number of carbonyl (C=O) groups is 1. The third-order valence-corrected chi connectivity index (χ3v) is 3.89. The summed E-state index contributed by atoms with van der Waals surface area (Å²) in [6.45, 7) is 3.64. The van der Waals surface area contributed by atoms with Crippen molar-refractivity contribution in [3.63, 3.8) is 0 Å². The van der Waals surface area contributed by atoms with Crippen LogP contribution in [0.5, 0.6) is 0 Å². The van der Waals surface area contributed by atoms with Crippen LogP contribution >= 0.6 is 11.3 Å². The highest BCUT2D eigenvalue weighted by atomic mass is 32.1. The van der Waals surface area contributed by atoms with Gasteiger partial charge in [-0.1, -0.05) is 6.92 Å². The number of ether oxygens (including phenoxy) is 2. The van der Waals surface area contributed by atoms with Crippen LogP contribution in [-0.4, -0.2) is 31.7 Å². The minimum absolute atomic E-state index is 0.0802. The van der Waals surface area contributed by atoms with Crippen molar-refractivity contribution in [2.45, 2.75) is 25.9 Å². The molecule has 3 nitrogen and oxygen atoms in total. The van der Waals surface area contributed by atoms with Crippen molar-refractivity contribution in [2.24, 2.45) is 0 Å². The molecule has 1 fully saturated rings. The maximum Gasteiger partial charge on any atom is 0.198 e. The zero-order chi connectivity index (χ0) is 11.4. The summed E-state index contributed by atoms with van der Waals surface area (Å²) in [6.07, 6.45) is 1.99. The van der Waals surface area contributed by atoms with Crippen molar-refractivity contribution in [3.8, 4) is 0 Å². The summed E-state index contributed by atoms with van der Waals surface area (Å²) in [5.41, 5.74) is 0. The molecule has 1 atom stereocenters. The Hall–Kier alpha value is -0.710. The molecule has 0 radical (unpaired) electrons. The van der Waals surface area contributed by atoms with Crippen molar-refractivity contribution in [1.29, 1.82) is 0 Å². The van der Waals surface area contributed by atoms with Gasteiger partial charge in [-0.05, 0) is 25.0 Å². The van der Waals surface area contributed by atoms with Crippen LogP contribution in [0, 0.1) is 0 Å². The summed E-state index contributed by atoms with van der Waals surface area (Å²) in [7, 11) is 0. The van der Waals surface area contributed by atoms with Crippen LogP contribution in [0.4, 0.5) is 0 Å². The summed E-state index contributed by atoms with van der Waals surface area (Å²) in [5.74, 6) is 0.0802. The Morgan fingerprint density at radius 3 is 3.12 bits per heavy atom. The first-order chi connectivity index (χ1) is 7.79. The summed E-state index contributed by atoms with van der Waals surface area (Å²) < 4.78 is 10.7. The normalized spacial score (nSPS) is 20.2. The molecule has 16 heavy (non-hydrogen) atoms. The second kappa shape index (κ2) is 5.57. The minimum atomic E-state index is 0.0802. The number of ketones is 1. The van der Waals surface area contributed by atoms with E-state index in [2.05, 4.69) is 6.92 Å². The van der Waals surface area contributed by atoms with Gasteiger partial charge in [0.1, 0.15) is 6.61 Å². The van der Waals surface area contributed by atoms with Crippen molar-refractivity contribution in [3.05, 3.63) is 21.9 Å². The zero-order valence-corrected chi connectivity index (χ0v) is 10.2. The standard InChI is InChI=1S/C12H16O3S/c1-2-10-3-4-12(16-10)11(13)8-15-9-5-6-14-7-9/h3-4,9H,2,5-8H2,1H3. The molecule has 1 saturated heterocycles. The van der Waals surface area contributed by atoms with Crippen LogP contribution < -0.4 is 0 Å². The van der Waals surface area contributed by atoms with Gasteiger partial charge in [0.15, 0.2) is 5.78 Å². The van der Waals surface area contributed by atoms with Gasteiger partial charge in [0.05, 0.1) is 17.6 Å². The molecule has 1 aromatic heterocycles. The fraction of sp³-hybridized carbons (Fsp3) is 0.583. The molecule has 0 amide bonds. The largest absolute Gasteiger partial charge is 0.379 e. The third-order valence-electron chi connectivity index (χ3n) is 2.62. The first-order valence-electron chi connectivity index (χ1n) is 5.61. The van der Waals surface area contributed by atoms with Crippen molar-refractivity contribution in [1.82, 2.24) is 0 Å². The van der Waals surface area contributed by atoms with Crippen molar-refractivity contribution >= 4 is 17.1 Å². The van der Waals surface area contributed by atoms with Gasteiger partial charge in [-0.3, -0.25) is 4.79 Å². The molecule has 0 spiro atoms. The number of carbonyl (C=O) groups excluding carboxylic acids is 1. The molecule has 0 aliphatic carbocycles. The summed E-state index contributed by atoms with van der Waals surface area (Å²) >= 11 is 1.56. The van der Waals surface area contributed by atoms with Gasteiger partial charge in [0, 0.05) is 11.5 Å². The maximum absolute atomic E-state index is 11.8. The van der Waals surface area contributed by atoms with Gasteiger partial charge < -0.3 is 9.47 Å². The van der Waals surface area contributed by atoms with Crippen molar-refractivity contribution in [2.75, 3.05) is 19.8 Å². The van der Waals surface area contributed by atoms with E-state index in [0.29, 0.717) is 6.61 Å². The van der Waals surface area contributed by atoms with Gasteiger partial charge in [-0.2, -0.15) is 0 Å². The van der Waals surface area contributed by atoms with Crippen LogP contribution in [0.2, 0.25) is 0 Å². The van der Waals surface area contributed by atoms with Crippen LogP contribution in [0.1, 0.15) is 27.9 Å². The molecular formula is C12H16O3S. The molecule has 2 heterocycles. The first kappa shape index (κ1) is 11.8. The maximum atomic E-state index is 11.8. The number of hydrogen-bond acceptors (Lipinski definition) is 4. The average Bonchev–Trinajstić information content (AvgIpc) is 2.96. The Kier molecular flexibility index (Phi) is 4.09. The monoisotopic (exact) mass is 240 g/mol. The molecule has 0 N–H and O–H groups in total. The Balaban J connectivity index is 1.82. The third kappa shape index (κ3) is 2.90. The molecule has 4 heteroatoms. The highest BCUT2D eigenvalue weighted by molar-refractivity contribution is 7.14. The van der Waals surface area contributed by atoms with E-state index in [1.165, 1.54) is 4.88 Å². The van der Waals surface area contributed by atoms with E-state index in [4.69, 9.17) is 9.47 Å². The molecule has 1 aliphatic rings. The van der Waals surface area contributed by atoms with Crippen LogP contribution in [0.15, 0.2) is 12.1 Å². The minimum Gasteiger partial charge on any atom is -0.379 e. The predicted molar refractivity (Wildman–Crippen MR) is 63.2 cm³/mol. The number of hydrogen-bond donors (Lipinski definition) is 0. The Morgan fingerprint density at radius 1 is 1.62 bits per heavy atom. The van der Waals surface area contributed by atoms with Gasteiger partial charge in [-0.25, -0.2) is 0 Å². The molecule has 1 unspecified atom stereocenters. The van der Waals surface area contributed by atoms with E-state index in [9.17, 15) is 4.79 Å². The lowest BCUT2D eigenvalue weighted by molar-refractivity contribution is 0.0392. The van der Waals surface area contributed by atoms with Gasteiger partial charge in [0.2, 0.25) is 0 Å². The Morgan fingerprint density at radius 2 is 2.50 bits per heavy atom. The van der Waals surface area contributed by atoms with E-state index in [-0.39, 0.29) is 18.5 Å². The topological polar surface area (TPSA) is 35.5 Å². The lowest BCUT2D eigenvalue weighted by Gasteiger charge is -2.07. The summed E-state index contributed by atoms with van der Waals surface area (Å²) in [5, 5.41) is 0. The number of aryl methyl sites for hydroxylation is 1. The SMILES string of the molecule is CCc1ccc(C(=O)COC2CCOC2)s1. The number of thiophene rings is 1. The van der Waals surface area contributed by atoms with E-state index in [1.807, 2.05) is 12.1 Å². The van der Waals surface area contributed by atoms with E-state index in [0.717, 1.165) is 24.3 Å². The summed E-state index contributed by atoms with van der Waals surface area (Å²) in [6, 6.07) is 3.90. The average molecular weight is 240 g/mol. The van der Waals surface area contributed by atoms with Gasteiger partial charge in [0.25, 0.3) is 0 Å². The molecule has 1 aliphatic heterocycles. The number of rotatable bonds is 5. The molecule has 1 aromatic rings. The second-order valence-electron chi connectivity index (χ2n) is 3.84.